The highest BCUT2D eigenvalue weighted by Gasteiger charge is 2.51. The van der Waals surface area contributed by atoms with Crippen molar-refractivity contribution >= 4 is 5.91 Å². The second kappa shape index (κ2) is 56.4. The number of allylic oxidation sites excluding steroid dienone is 19. The van der Waals surface area contributed by atoms with Crippen LogP contribution in [0, 0.1) is 0 Å². The first kappa shape index (κ1) is 79.5. The summed E-state index contributed by atoms with van der Waals surface area (Å²) in [5.41, 5.74) is 0. The molecule has 12 unspecified atom stereocenters. The Labute approximate surface area is 527 Å². The molecule has 9 N–H and O–H groups in total. The van der Waals surface area contributed by atoms with Crippen LogP contribution in [0.2, 0.25) is 0 Å². The van der Waals surface area contributed by atoms with Gasteiger partial charge >= 0.3 is 0 Å². The SMILES string of the molecule is CC/C=C\C/C=C\C/C=C\C/C=C\C/C=C\C/C=C\C/C=C\CCCCCCCCCCCCCCCCCCCCCC(=O)NC(COC1OC(CO)C(OC2OC(CO)C(O)C(O)C2O)C(O)C1O)C(O)/C=C/CC/C=C/CC/C=C/CCCC. The number of hydrogen-bond acceptors (Lipinski definition) is 13. The van der Waals surface area contributed by atoms with E-state index in [4.69, 9.17) is 18.9 Å². The van der Waals surface area contributed by atoms with Gasteiger partial charge in [-0.15, -0.1) is 0 Å². The summed E-state index contributed by atoms with van der Waals surface area (Å²) in [6.07, 6.45) is 65.7. The Hall–Kier alpha value is -3.61. The van der Waals surface area contributed by atoms with Crippen molar-refractivity contribution in [1.82, 2.24) is 5.32 Å². The maximum Gasteiger partial charge on any atom is 0.220 e. The van der Waals surface area contributed by atoms with E-state index in [9.17, 15) is 45.6 Å². The Kier molecular flexibility index (Phi) is 51.5. The third-order valence-corrected chi connectivity index (χ3v) is 15.9. The second-order valence-electron chi connectivity index (χ2n) is 23.5. The van der Waals surface area contributed by atoms with E-state index in [1.165, 1.54) is 116 Å². The number of carbonyl (C=O) groups is 1. The molecule has 498 valence electrons. The molecular formula is C73H123NO13. The molecule has 0 bridgehead atoms. The topological polar surface area (TPSA) is 228 Å². The Morgan fingerprint density at radius 3 is 1.26 bits per heavy atom. The van der Waals surface area contributed by atoms with Crippen molar-refractivity contribution < 1.29 is 64.6 Å². The summed E-state index contributed by atoms with van der Waals surface area (Å²) in [4.78, 5) is 13.3. The van der Waals surface area contributed by atoms with Crippen molar-refractivity contribution in [2.45, 2.75) is 312 Å². The molecule has 0 aliphatic carbocycles. The number of aliphatic hydroxyl groups is 8. The molecule has 0 spiro atoms. The van der Waals surface area contributed by atoms with Gasteiger partial charge in [0.15, 0.2) is 12.6 Å². The van der Waals surface area contributed by atoms with E-state index in [0.29, 0.717) is 12.8 Å². The average molecular weight is 1220 g/mol. The second-order valence-corrected chi connectivity index (χ2v) is 23.5. The minimum atomic E-state index is -1.80. The van der Waals surface area contributed by atoms with Gasteiger partial charge < -0.3 is 65.1 Å². The van der Waals surface area contributed by atoms with Crippen molar-refractivity contribution in [1.29, 1.82) is 0 Å². The van der Waals surface area contributed by atoms with Crippen molar-refractivity contribution in [3.63, 3.8) is 0 Å². The van der Waals surface area contributed by atoms with Crippen LogP contribution in [-0.4, -0.2) is 140 Å². The van der Waals surface area contributed by atoms with Crippen LogP contribution in [-0.2, 0) is 23.7 Å². The molecule has 0 aromatic heterocycles. The predicted octanol–water partition coefficient (Wildman–Crippen LogP) is 13.7. The van der Waals surface area contributed by atoms with Gasteiger partial charge in [-0.05, 0) is 96.3 Å². The smallest absolute Gasteiger partial charge is 0.220 e. The zero-order chi connectivity index (χ0) is 63.1. The molecule has 2 heterocycles. The maximum atomic E-state index is 13.3. The lowest BCUT2D eigenvalue weighted by Gasteiger charge is -2.46. The number of nitrogens with one attached hydrogen (secondary N) is 1. The van der Waals surface area contributed by atoms with Gasteiger partial charge in [-0.2, -0.15) is 0 Å². The molecule has 0 saturated carbocycles. The average Bonchev–Trinajstić information content (AvgIpc) is 2.31. The number of aliphatic hydroxyl groups excluding tert-OH is 8. The van der Waals surface area contributed by atoms with E-state index in [2.05, 4.69) is 129 Å². The number of hydrogen-bond donors (Lipinski definition) is 9. The van der Waals surface area contributed by atoms with Gasteiger partial charge in [0.05, 0.1) is 32.0 Å². The van der Waals surface area contributed by atoms with Crippen molar-refractivity contribution in [3.8, 4) is 0 Å². The summed E-state index contributed by atoms with van der Waals surface area (Å²) < 4.78 is 22.7. The van der Waals surface area contributed by atoms with Crippen LogP contribution in [0.15, 0.2) is 122 Å². The summed E-state index contributed by atoms with van der Waals surface area (Å²) >= 11 is 0. The number of amides is 1. The fraction of sp³-hybridized carbons (Fsp3) is 0.712. The van der Waals surface area contributed by atoms with Crippen LogP contribution in [0.3, 0.4) is 0 Å². The van der Waals surface area contributed by atoms with Gasteiger partial charge in [-0.3, -0.25) is 4.79 Å². The van der Waals surface area contributed by atoms with E-state index >= 15 is 0 Å². The van der Waals surface area contributed by atoms with Crippen LogP contribution >= 0.6 is 0 Å². The molecule has 14 nitrogen and oxygen atoms in total. The molecule has 2 fully saturated rings. The number of carbonyl (C=O) groups excluding carboxylic acids is 1. The lowest BCUT2D eigenvalue weighted by molar-refractivity contribution is -0.359. The Bertz CT molecular complexity index is 1920. The molecule has 14 heteroatoms. The molecule has 2 saturated heterocycles. The summed E-state index contributed by atoms with van der Waals surface area (Å²) in [7, 11) is 0. The van der Waals surface area contributed by atoms with E-state index < -0.39 is 86.8 Å². The Balaban J connectivity index is 1.56. The number of ether oxygens (including phenoxy) is 4. The molecule has 2 aliphatic rings. The summed E-state index contributed by atoms with van der Waals surface area (Å²) in [6.45, 7) is 2.59. The van der Waals surface area contributed by atoms with E-state index in [1.54, 1.807) is 6.08 Å². The third kappa shape index (κ3) is 40.7. The van der Waals surface area contributed by atoms with Gasteiger partial charge in [0.2, 0.25) is 5.91 Å². The highest BCUT2D eigenvalue weighted by atomic mass is 16.7. The maximum absolute atomic E-state index is 13.3. The van der Waals surface area contributed by atoms with Crippen molar-refractivity contribution in [2.75, 3.05) is 19.8 Å². The summed E-state index contributed by atoms with van der Waals surface area (Å²) in [5, 5.41) is 87.1. The van der Waals surface area contributed by atoms with Crippen molar-refractivity contribution in [3.05, 3.63) is 122 Å². The number of unbranched alkanes of at least 4 members (excludes halogenated alkanes) is 23. The Morgan fingerprint density at radius 2 is 0.805 bits per heavy atom. The Morgan fingerprint density at radius 1 is 0.425 bits per heavy atom. The first-order valence-corrected chi connectivity index (χ1v) is 34.3. The molecule has 0 aromatic carbocycles. The first-order valence-electron chi connectivity index (χ1n) is 34.3. The quantitative estimate of drug-likeness (QED) is 0.0204. The fourth-order valence-corrected chi connectivity index (χ4v) is 10.4. The van der Waals surface area contributed by atoms with Gasteiger partial charge in [-0.1, -0.05) is 257 Å². The molecule has 1 amide bonds. The normalized spacial score (nSPS) is 24.1. The first-order chi connectivity index (χ1) is 42.6. The van der Waals surface area contributed by atoms with Crippen LogP contribution in [0.1, 0.15) is 239 Å². The molecule has 12 atom stereocenters. The van der Waals surface area contributed by atoms with Crippen molar-refractivity contribution in [2.24, 2.45) is 0 Å². The molecule has 0 radical (unpaired) electrons. The predicted molar refractivity (Wildman–Crippen MR) is 355 cm³/mol. The molecule has 2 aliphatic heterocycles. The lowest BCUT2D eigenvalue weighted by atomic mass is 9.97. The highest BCUT2D eigenvalue weighted by Crippen LogP contribution is 2.30. The summed E-state index contributed by atoms with van der Waals surface area (Å²) in [6, 6.07) is -0.942. The third-order valence-electron chi connectivity index (χ3n) is 15.9. The van der Waals surface area contributed by atoms with Crippen LogP contribution in [0.25, 0.3) is 0 Å². The van der Waals surface area contributed by atoms with Gasteiger partial charge in [0, 0.05) is 6.42 Å². The lowest BCUT2D eigenvalue weighted by Crippen LogP contribution is -2.65. The largest absolute Gasteiger partial charge is 0.394 e. The van der Waals surface area contributed by atoms with Gasteiger partial charge in [0.25, 0.3) is 0 Å². The van der Waals surface area contributed by atoms with Crippen LogP contribution in [0.4, 0.5) is 0 Å². The minimum Gasteiger partial charge on any atom is -0.394 e. The van der Waals surface area contributed by atoms with Crippen LogP contribution in [0.5, 0.6) is 0 Å². The summed E-state index contributed by atoms with van der Waals surface area (Å²) in [5.74, 6) is -0.257. The van der Waals surface area contributed by atoms with Gasteiger partial charge in [0.1, 0.15) is 48.8 Å². The fourth-order valence-electron chi connectivity index (χ4n) is 10.4. The van der Waals surface area contributed by atoms with Crippen LogP contribution < -0.4 is 5.32 Å². The van der Waals surface area contributed by atoms with E-state index in [0.717, 1.165) is 89.9 Å². The zero-order valence-corrected chi connectivity index (χ0v) is 54.0. The number of rotatable bonds is 54. The van der Waals surface area contributed by atoms with E-state index in [-0.39, 0.29) is 18.9 Å². The zero-order valence-electron chi connectivity index (χ0n) is 54.0. The minimum absolute atomic E-state index is 0.257. The molecule has 0 aromatic rings. The highest BCUT2D eigenvalue weighted by molar-refractivity contribution is 5.76. The monoisotopic (exact) mass is 1220 g/mol. The van der Waals surface area contributed by atoms with E-state index in [1.807, 2.05) is 6.08 Å². The molecular weight excluding hydrogens is 1100 g/mol. The standard InChI is InChI=1S/C73H123NO13/c1-3-5-7-9-11-13-15-17-18-19-20-21-22-23-24-25-26-27-28-29-30-31-32-33-34-35-36-37-38-39-40-41-42-43-44-45-47-49-51-53-55-57-65(78)74-61(62(77)56-54-52-50-48-46-16-14-12-10-8-6-4-2)60-84-72-70(83)68(81)71(64(59-76)86-72)87-73-69(82)67(80)66(79)63(58-75)85-73/h5,7,10-13,17-18,20-21,23-24,26-27,29-30,46,48,54,56,61-64,66-73,75-77,79-83H,3-4,6,8-9,14-16,19,22,25,28,31-45,47,49-53,55,57-60H2,1-2H3,(H,74,78)/b7-5-,12-10+,13-11-,18-17-,21-20-,24-23-,27-26-,30-29-,48-46+,56-54+. The molecule has 2 rings (SSSR count). The molecule has 87 heavy (non-hydrogen) atoms. The van der Waals surface area contributed by atoms with Gasteiger partial charge in [-0.25, -0.2) is 0 Å².